The molecule has 12 heteroatoms. The molecule has 0 aliphatic heterocycles. The van der Waals surface area contributed by atoms with Gasteiger partial charge in [0.05, 0.1) is 27.1 Å². The number of benzene rings is 3. The summed E-state index contributed by atoms with van der Waals surface area (Å²) < 4.78 is 9.37. The second-order valence-electron chi connectivity index (χ2n) is 9.34. The summed E-state index contributed by atoms with van der Waals surface area (Å²) in [7, 11) is 0. The Morgan fingerprint density at radius 2 is 1.79 bits per heavy atom. The molecule has 0 radical (unpaired) electrons. The van der Waals surface area contributed by atoms with Gasteiger partial charge in [-0.05, 0) is 36.4 Å². The van der Waals surface area contributed by atoms with E-state index in [2.05, 4.69) is 57.9 Å². The number of nitro benzene ring substituents is 1. The minimum atomic E-state index is -0.572. The lowest BCUT2D eigenvalue weighted by molar-refractivity contribution is -0.385. The molecule has 0 aliphatic rings. The Balaban J connectivity index is 1.75. The van der Waals surface area contributed by atoms with Crippen molar-refractivity contribution in [1.29, 1.82) is 0 Å². The van der Waals surface area contributed by atoms with Gasteiger partial charge >= 0.3 is 5.69 Å². The molecule has 8 nitrogen and oxygen atoms in total. The standard InChI is InChI=1S/C26H20Br3ClN4O4/c1-26(2,3)25-32-21-7-6-16(27)10-18(21)24(35)33(25)31-12-14-8-20(30)23(22(9-14)34(36)37)38-13-15-4-5-17(28)11-19(15)29/h4-12H,13H2,1-3H3. The van der Waals surface area contributed by atoms with Gasteiger partial charge in [0.25, 0.3) is 5.56 Å². The highest BCUT2D eigenvalue weighted by atomic mass is 79.9. The topological polar surface area (TPSA) is 99.6 Å². The van der Waals surface area contributed by atoms with Crippen LogP contribution in [0.1, 0.15) is 37.7 Å². The summed E-state index contributed by atoms with van der Waals surface area (Å²) in [4.78, 5) is 29.3. The SMILES string of the molecule is CC(C)(C)c1nc2ccc(Br)cc2c(=O)n1N=Cc1cc(Cl)c(OCc2ccc(Br)cc2Br)c([N+](=O)[O-])c1. The molecule has 0 aliphatic carbocycles. The van der Waals surface area contributed by atoms with E-state index >= 15 is 0 Å². The largest absolute Gasteiger partial charge is 0.481 e. The minimum absolute atomic E-state index is 0.0397. The lowest BCUT2D eigenvalue weighted by Crippen LogP contribution is -2.29. The van der Waals surface area contributed by atoms with Crippen molar-refractivity contribution in [3.8, 4) is 5.75 Å². The van der Waals surface area contributed by atoms with Crippen LogP contribution in [-0.2, 0) is 12.0 Å². The highest BCUT2D eigenvalue weighted by Gasteiger charge is 2.24. The van der Waals surface area contributed by atoms with Crippen LogP contribution < -0.4 is 10.3 Å². The second-order valence-corrected chi connectivity index (χ2v) is 12.4. The number of hydrogen-bond donors (Lipinski definition) is 0. The van der Waals surface area contributed by atoms with E-state index in [1.54, 1.807) is 12.1 Å². The van der Waals surface area contributed by atoms with Crippen LogP contribution in [-0.4, -0.2) is 20.8 Å². The third-order valence-electron chi connectivity index (χ3n) is 5.43. The van der Waals surface area contributed by atoms with E-state index in [1.165, 1.54) is 23.0 Å². The van der Waals surface area contributed by atoms with E-state index in [1.807, 2.05) is 45.0 Å². The maximum absolute atomic E-state index is 13.4. The average Bonchev–Trinajstić information content (AvgIpc) is 2.83. The highest BCUT2D eigenvalue weighted by Crippen LogP contribution is 2.37. The third-order valence-corrected chi connectivity index (χ3v) is 7.44. The van der Waals surface area contributed by atoms with Crippen molar-refractivity contribution < 1.29 is 9.66 Å². The highest BCUT2D eigenvalue weighted by molar-refractivity contribution is 9.11. The van der Waals surface area contributed by atoms with Crippen molar-refractivity contribution in [2.24, 2.45) is 5.10 Å². The van der Waals surface area contributed by atoms with E-state index in [9.17, 15) is 14.9 Å². The predicted octanol–water partition coefficient (Wildman–Crippen LogP) is 8.00. The van der Waals surface area contributed by atoms with E-state index in [4.69, 9.17) is 16.3 Å². The molecule has 0 amide bonds. The normalized spacial score (nSPS) is 11.9. The van der Waals surface area contributed by atoms with Crippen molar-refractivity contribution in [2.45, 2.75) is 32.8 Å². The van der Waals surface area contributed by atoms with Crippen molar-refractivity contribution in [2.75, 3.05) is 0 Å². The molecule has 0 spiro atoms. The molecule has 4 rings (SSSR count). The molecule has 0 fully saturated rings. The van der Waals surface area contributed by atoms with Gasteiger partial charge in [-0.3, -0.25) is 14.9 Å². The summed E-state index contributed by atoms with van der Waals surface area (Å²) in [6.45, 7) is 5.82. The molecule has 0 unspecified atom stereocenters. The van der Waals surface area contributed by atoms with Crippen LogP contribution >= 0.6 is 59.4 Å². The van der Waals surface area contributed by atoms with Gasteiger partial charge in [0.15, 0.2) is 0 Å². The van der Waals surface area contributed by atoms with Crippen LogP contribution in [0.25, 0.3) is 10.9 Å². The Bertz CT molecular complexity index is 1670. The number of nitro groups is 1. The first-order chi connectivity index (χ1) is 17.8. The summed E-state index contributed by atoms with van der Waals surface area (Å²) >= 11 is 16.7. The quantitative estimate of drug-likeness (QED) is 0.114. The number of rotatable bonds is 6. The molecule has 0 saturated heterocycles. The maximum atomic E-state index is 13.4. The molecule has 196 valence electrons. The van der Waals surface area contributed by atoms with Crippen molar-refractivity contribution in [3.63, 3.8) is 0 Å². The fourth-order valence-electron chi connectivity index (χ4n) is 3.61. The van der Waals surface area contributed by atoms with Crippen LogP contribution in [0.4, 0.5) is 5.69 Å². The van der Waals surface area contributed by atoms with Gasteiger partial charge in [-0.15, -0.1) is 0 Å². The van der Waals surface area contributed by atoms with Gasteiger partial charge in [-0.25, -0.2) is 4.98 Å². The molecular weight excluding hydrogens is 707 g/mol. The molecule has 1 aromatic heterocycles. The fraction of sp³-hybridized carbons (Fsp3) is 0.192. The Hall–Kier alpha value is -2.60. The molecule has 0 atom stereocenters. The summed E-state index contributed by atoms with van der Waals surface area (Å²) in [5.41, 5.74) is 0.454. The van der Waals surface area contributed by atoms with E-state index < -0.39 is 10.3 Å². The smallest absolute Gasteiger partial charge is 0.313 e. The number of halogens is 4. The molecule has 38 heavy (non-hydrogen) atoms. The summed E-state index contributed by atoms with van der Waals surface area (Å²) in [6.07, 6.45) is 1.34. The van der Waals surface area contributed by atoms with Gasteiger partial charge in [-0.1, -0.05) is 86.2 Å². The minimum Gasteiger partial charge on any atom is -0.481 e. The van der Waals surface area contributed by atoms with Crippen LogP contribution in [0.5, 0.6) is 5.75 Å². The molecule has 4 aromatic rings. The van der Waals surface area contributed by atoms with Crippen LogP contribution in [0.2, 0.25) is 5.02 Å². The first-order valence-corrected chi connectivity index (χ1v) is 13.9. The Morgan fingerprint density at radius 3 is 2.45 bits per heavy atom. The first kappa shape index (κ1) is 28.4. The molecule has 3 aromatic carbocycles. The second kappa shape index (κ2) is 11.3. The van der Waals surface area contributed by atoms with Crippen LogP contribution in [0.3, 0.4) is 0 Å². The zero-order valence-electron chi connectivity index (χ0n) is 20.3. The number of fused-ring (bicyclic) bond motifs is 1. The van der Waals surface area contributed by atoms with Crippen molar-refractivity contribution in [3.05, 3.63) is 104 Å². The molecule has 1 heterocycles. The summed E-state index contributed by atoms with van der Waals surface area (Å²) in [6, 6.07) is 13.6. The lowest BCUT2D eigenvalue weighted by atomic mass is 9.95. The Morgan fingerprint density at radius 1 is 1.11 bits per heavy atom. The molecule has 0 saturated carbocycles. The summed E-state index contributed by atoms with van der Waals surface area (Å²) in [5.74, 6) is 0.377. The lowest BCUT2D eigenvalue weighted by Gasteiger charge is -2.20. The van der Waals surface area contributed by atoms with Crippen molar-refractivity contribution in [1.82, 2.24) is 9.66 Å². The Kier molecular flexibility index (Phi) is 8.41. The molecule has 0 N–H and O–H groups in total. The number of aromatic nitrogens is 2. The number of ether oxygens (including phenoxy) is 1. The monoisotopic (exact) mass is 724 g/mol. The molecular formula is C26H20Br3ClN4O4. The zero-order valence-corrected chi connectivity index (χ0v) is 25.9. The Labute approximate surface area is 248 Å². The van der Waals surface area contributed by atoms with Crippen molar-refractivity contribution >= 4 is 82.2 Å². The van der Waals surface area contributed by atoms with E-state index in [0.717, 1.165) is 19.0 Å². The number of hydrogen-bond acceptors (Lipinski definition) is 6. The van der Waals surface area contributed by atoms with E-state index in [0.29, 0.717) is 22.3 Å². The number of nitrogens with zero attached hydrogens (tertiary/aromatic N) is 4. The maximum Gasteiger partial charge on any atom is 0.313 e. The van der Waals surface area contributed by atoms with Gasteiger partial charge in [0.2, 0.25) is 5.75 Å². The van der Waals surface area contributed by atoms with Gasteiger partial charge in [0.1, 0.15) is 12.4 Å². The van der Waals surface area contributed by atoms with Gasteiger partial charge in [-0.2, -0.15) is 9.78 Å². The van der Waals surface area contributed by atoms with Gasteiger partial charge in [0, 0.05) is 36.0 Å². The third kappa shape index (κ3) is 6.17. The summed E-state index contributed by atoms with van der Waals surface area (Å²) in [5, 5.41) is 16.7. The average molecular weight is 728 g/mol. The van der Waals surface area contributed by atoms with E-state index in [-0.39, 0.29) is 28.6 Å². The van der Waals surface area contributed by atoms with Crippen LogP contribution in [0.15, 0.2) is 71.8 Å². The fourth-order valence-corrected chi connectivity index (χ4v) is 5.41. The predicted molar refractivity (Wildman–Crippen MR) is 160 cm³/mol. The molecule has 0 bridgehead atoms. The van der Waals surface area contributed by atoms with Gasteiger partial charge < -0.3 is 4.74 Å². The zero-order chi connectivity index (χ0) is 27.8. The van der Waals surface area contributed by atoms with Crippen LogP contribution in [0, 0.1) is 10.1 Å². The first-order valence-electron chi connectivity index (χ1n) is 11.2.